The molecule has 0 bridgehead atoms. The van der Waals surface area contributed by atoms with Crippen LogP contribution in [0.25, 0.3) is 0 Å². The SMILES string of the molecule is CCCCCCCCCCCCCC(=O)C(C)(CO)S(=O)(=O)[O-].[Na+]. The maximum atomic E-state index is 11.9. The molecule has 24 heavy (non-hydrogen) atoms. The van der Waals surface area contributed by atoms with Crippen molar-refractivity contribution in [1.82, 2.24) is 0 Å². The average Bonchev–Trinajstić information content (AvgIpc) is 2.50. The normalized spacial score (nSPS) is 14.0. The second kappa shape index (κ2) is 14.7. The van der Waals surface area contributed by atoms with Gasteiger partial charge in [-0.25, -0.2) is 8.42 Å². The van der Waals surface area contributed by atoms with Crippen LogP contribution < -0.4 is 29.6 Å². The van der Waals surface area contributed by atoms with Gasteiger partial charge in [-0.1, -0.05) is 71.1 Å². The van der Waals surface area contributed by atoms with E-state index in [2.05, 4.69) is 6.92 Å². The summed E-state index contributed by atoms with van der Waals surface area (Å²) in [4.78, 5) is 11.9. The Labute approximate surface area is 170 Å². The van der Waals surface area contributed by atoms with E-state index in [-0.39, 0.29) is 36.0 Å². The third-order valence-corrected chi connectivity index (χ3v) is 5.91. The second-order valence-corrected chi connectivity index (χ2v) is 8.36. The van der Waals surface area contributed by atoms with Crippen LogP contribution in [0.2, 0.25) is 0 Å². The smallest absolute Gasteiger partial charge is 0.747 e. The first kappa shape index (κ1) is 26.8. The molecule has 0 aliphatic carbocycles. The molecule has 0 amide bonds. The summed E-state index contributed by atoms with van der Waals surface area (Å²) in [6.07, 6.45) is 12.6. The van der Waals surface area contributed by atoms with Crippen LogP contribution in [0.4, 0.5) is 0 Å². The van der Waals surface area contributed by atoms with Gasteiger partial charge in [0.1, 0.15) is 14.9 Å². The Morgan fingerprint density at radius 3 is 1.62 bits per heavy atom. The number of hydrogen-bond donors (Lipinski definition) is 1. The minimum absolute atomic E-state index is 0. The first-order valence-corrected chi connectivity index (χ1v) is 10.3. The number of carbonyl (C=O) groups excluding carboxylic acids is 1. The molecule has 0 heterocycles. The van der Waals surface area contributed by atoms with E-state index in [1.165, 1.54) is 44.9 Å². The summed E-state index contributed by atoms with van der Waals surface area (Å²) in [5, 5.41) is 9.07. The van der Waals surface area contributed by atoms with Crippen LogP contribution in [-0.2, 0) is 14.9 Å². The molecule has 1 unspecified atom stereocenters. The largest absolute Gasteiger partial charge is 1.00 e. The van der Waals surface area contributed by atoms with E-state index in [9.17, 15) is 17.8 Å². The molecule has 0 aromatic heterocycles. The van der Waals surface area contributed by atoms with Crippen LogP contribution in [0.15, 0.2) is 0 Å². The molecule has 0 aliphatic heterocycles. The van der Waals surface area contributed by atoms with Gasteiger partial charge in [0.25, 0.3) is 0 Å². The zero-order chi connectivity index (χ0) is 17.8. The summed E-state index contributed by atoms with van der Waals surface area (Å²) in [7, 11) is -4.83. The number of aliphatic hydroxyl groups is 1. The molecule has 0 aliphatic rings. The van der Waals surface area contributed by atoms with Crippen molar-refractivity contribution in [3.05, 3.63) is 0 Å². The Balaban J connectivity index is 0. The number of aliphatic hydroxyl groups excluding tert-OH is 1. The monoisotopic (exact) mass is 372 g/mol. The third kappa shape index (κ3) is 10.5. The van der Waals surface area contributed by atoms with Crippen LogP contribution in [0.1, 0.15) is 90.9 Å². The van der Waals surface area contributed by atoms with Crippen molar-refractivity contribution in [1.29, 1.82) is 0 Å². The predicted octanol–water partition coefficient (Wildman–Crippen LogP) is 0.557. The molecule has 0 aromatic rings. The van der Waals surface area contributed by atoms with E-state index < -0.39 is 27.3 Å². The molecule has 0 radical (unpaired) electrons. The predicted molar refractivity (Wildman–Crippen MR) is 91.3 cm³/mol. The van der Waals surface area contributed by atoms with Crippen molar-refractivity contribution in [2.75, 3.05) is 6.61 Å². The van der Waals surface area contributed by atoms with Gasteiger partial charge < -0.3 is 9.66 Å². The molecule has 0 saturated carbocycles. The van der Waals surface area contributed by atoms with E-state index in [4.69, 9.17) is 5.11 Å². The van der Waals surface area contributed by atoms with Crippen molar-refractivity contribution in [2.45, 2.75) is 95.6 Å². The first-order chi connectivity index (χ1) is 10.8. The molecular weight excluding hydrogens is 339 g/mol. The van der Waals surface area contributed by atoms with E-state index in [1.54, 1.807) is 0 Å². The van der Waals surface area contributed by atoms with Gasteiger partial charge in [-0.2, -0.15) is 0 Å². The summed E-state index contributed by atoms with van der Waals surface area (Å²) >= 11 is 0. The molecular formula is C17H33NaO5S. The van der Waals surface area contributed by atoms with Gasteiger partial charge >= 0.3 is 29.6 Å². The molecule has 0 rings (SSSR count). The Morgan fingerprint density at radius 2 is 1.29 bits per heavy atom. The maximum Gasteiger partial charge on any atom is 1.00 e. The quantitative estimate of drug-likeness (QED) is 0.257. The van der Waals surface area contributed by atoms with Crippen LogP contribution in [0.5, 0.6) is 0 Å². The van der Waals surface area contributed by atoms with Gasteiger partial charge in [0.05, 0.1) is 6.61 Å². The Kier molecular flexibility index (Phi) is 16.4. The molecule has 0 aromatic carbocycles. The number of hydrogen-bond acceptors (Lipinski definition) is 5. The van der Waals surface area contributed by atoms with Crippen molar-refractivity contribution in [3.63, 3.8) is 0 Å². The second-order valence-electron chi connectivity index (χ2n) is 6.55. The topological polar surface area (TPSA) is 94.5 Å². The van der Waals surface area contributed by atoms with E-state index >= 15 is 0 Å². The summed E-state index contributed by atoms with van der Waals surface area (Å²) in [6.45, 7) is 2.27. The number of Topliss-reactive ketones (excluding diaryl/α,β-unsaturated/α-hetero) is 1. The fraction of sp³-hybridized carbons (Fsp3) is 0.941. The summed E-state index contributed by atoms with van der Waals surface area (Å²) in [5.74, 6) is -0.675. The van der Waals surface area contributed by atoms with Gasteiger partial charge in [0, 0.05) is 6.42 Å². The molecule has 0 fully saturated rings. The van der Waals surface area contributed by atoms with E-state index in [0.717, 1.165) is 26.2 Å². The van der Waals surface area contributed by atoms with Crippen molar-refractivity contribution >= 4 is 15.9 Å². The molecule has 1 atom stereocenters. The van der Waals surface area contributed by atoms with E-state index in [0.29, 0.717) is 6.42 Å². The average molecular weight is 373 g/mol. The molecule has 138 valence electrons. The van der Waals surface area contributed by atoms with Crippen LogP contribution >= 0.6 is 0 Å². The summed E-state index contributed by atoms with van der Waals surface area (Å²) < 4.78 is 31.1. The standard InChI is InChI=1S/C17H34O5S.Na/c1-3-4-5-6-7-8-9-10-11-12-13-14-16(19)17(2,15-18)23(20,21)22;/h18H,3-15H2,1-2H3,(H,20,21,22);/q;+1/p-1. The molecule has 0 spiro atoms. The minimum atomic E-state index is -4.83. The van der Waals surface area contributed by atoms with Gasteiger partial charge in [-0.15, -0.1) is 0 Å². The number of unbranched alkanes of at least 4 members (excludes halogenated alkanes) is 10. The number of rotatable bonds is 15. The Hall–Kier alpha value is 0.540. The van der Waals surface area contributed by atoms with E-state index in [1.807, 2.05) is 0 Å². The third-order valence-electron chi connectivity index (χ3n) is 4.45. The Morgan fingerprint density at radius 1 is 0.917 bits per heavy atom. The maximum absolute atomic E-state index is 11.9. The van der Waals surface area contributed by atoms with Crippen molar-refractivity contribution in [2.24, 2.45) is 0 Å². The fourth-order valence-electron chi connectivity index (χ4n) is 2.52. The molecule has 0 saturated heterocycles. The van der Waals surface area contributed by atoms with Crippen LogP contribution in [0, 0.1) is 0 Å². The van der Waals surface area contributed by atoms with Gasteiger partial charge in [0.2, 0.25) is 0 Å². The molecule has 1 N–H and O–H groups in total. The summed E-state index contributed by atoms with van der Waals surface area (Å²) in [6, 6.07) is 0. The number of carbonyl (C=O) groups is 1. The van der Waals surface area contributed by atoms with Crippen molar-refractivity contribution < 1.29 is 52.4 Å². The fourth-order valence-corrected chi connectivity index (χ4v) is 3.06. The molecule has 7 heteroatoms. The van der Waals surface area contributed by atoms with Crippen LogP contribution in [0.3, 0.4) is 0 Å². The van der Waals surface area contributed by atoms with Gasteiger partial charge in [-0.05, 0) is 13.3 Å². The first-order valence-electron chi connectivity index (χ1n) is 8.89. The zero-order valence-corrected chi connectivity index (χ0v) is 18.5. The molecule has 5 nitrogen and oxygen atoms in total. The van der Waals surface area contributed by atoms with Gasteiger partial charge in [-0.3, -0.25) is 4.79 Å². The number of ketones is 1. The minimum Gasteiger partial charge on any atom is -0.747 e. The van der Waals surface area contributed by atoms with Crippen molar-refractivity contribution in [3.8, 4) is 0 Å². The Bertz CT molecular complexity index is 425. The zero-order valence-electron chi connectivity index (χ0n) is 15.7. The van der Waals surface area contributed by atoms with Gasteiger partial charge in [0.15, 0.2) is 5.78 Å². The van der Waals surface area contributed by atoms with Crippen LogP contribution in [-0.4, -0.2) is 35.2 Å². The summed E-state index contributed by atoms with van der Waals surface area (Å²) in [5.41, 5.74) is 0.